The number of ether oxygens (including phenoxy) is 1. The third-order valence-electron chi connectivity index (χ3n) is 6.33. The summed E-state index contributed by atoms with van der Waals surface area (Å²) in [5, 5.41) is 29.6. The van der Waals surface area contributed by atoms with Crippen LogP contribution in [0.25, 0.3) is 0 Å². The van der Waals surface area contributed by atoms with Crippen LogP contribution >= 0.6 is 0 Å². The molecule has 1 saturated carbocycles. The van der Waals surface area contributed by atoms with Crippen LogP contribution in [0.4, 0.5) is 0 Å². The van der Waals surface area contributed by atoms with E-state index in [1.165, 1.54) is 6.08 Å². The monoisotopic (exact) mass is 382 g/mol. The van der Waals surface area contributed by atoms with Gasteiger partial charge < -0.3 is 20.1 Å². The molecule has 0 aromatic carbocycles. The van der Waals surface area contributed by atoms with E-state index in [9.17, 15) is 15.0 Å². The third kappa shape index (κ3) is 6.97. The van der Waals surface area contributed by atoms with E-state index in [1.807, 2.05) is 6.92 Å². The van der Waals surface area contributed by atoms with Crippen molar-refractivity contribution in [2.24, 2.45) is 11.8 Å². The lowest BCUT2D eigenvalue weighted by Crippen LogP contribution is -2.26. The Kier molecular flexibility index (Phi) is 8.93. The van der Waals surface area contributed by atoms with Gasteiger partial charge in [-0.25, -0.2) is 0 Å². The Morgan fingerprint density at radius 1 is 1.22 bits per heavy atom. The third-order valence-corrected chi connectivity index (χ3v) is 6.33. The second-order valence-corrected chi connectivity index (χ2v) is 8.76. The second kappa shape index (κ2) is 10.7. The Hall–Kier alpha value is -0.750. The van der Waals surface area contributed by atoms with Gasteiger partial charge in [-0.3, -0.25) is 4.79 Å². The fraction of sp³-hybridized carbons (Fsp3) is 0.864. The van der Waals surface area contributed by atoms with Crippen molar-refractivity contribution < 1.29 is 24.9 Å². The average molecular weight is 383 g/mol. The molecule has 1 heterocycles. The highest BCUT2D eigenvalue weighted by Crippen LogP contribution is 2.46. The molecule has 1 saturated heterocycles. The van der Waals surface area contributed by atoms with E-state index in [0.29, 0.717) is 5.92 Å². The molecule has 0 aromatic heterocycles. The smallest absolute Gasteiger partial charge is 0.180 e. The lowest BCUT2D eigenvalue weighted by atomic mass is 9.84. The van der Waals surface area contributed by atoms with Crippen LogP contribution < -0.4 is 0 Å². The summed E-state index contributed by atoms with van der Waals surface area (Å²) in [7, 11) is 0. The van der Waals surface area contributed by atoms with Crippen LogP contribution in [-0.4, -0.2) is 51.6 Å². The molecule has 0 amide bonds. The Bertz CT molecular complexity index is 487. The van der Waals surface area contributed by atoms with Crippen molar-refractivity contribution in [1.29, 1.82) is 0 Å². The van der Waals surface area contributed by atoms with Gasteiger partial charge in [-0.05, 0) is 63.4 Å². The number of carbonyl (C=O) groups excluding carboxylic acids is 1. The maximum Gasteiger partial charge on any atom is 0.180 e. The van der Waals surface area contributed by atoms with Gasteiger partial charge in [0.2, 0.25) is 0 Å². The summed E-state index contributed by atoms with van der Waals surface area (Å²) in [6.45, 7) is 3.63. The fourth-order valence-electron chi connectivity index (χ4n) is 4.78. The molecule has 2 aliphatic rings. The van der Waals surface area contributed by atoms with Crippen LogP contribution in [0.1, 0.15) is 78.1 Å². The van der Waals surface area contributed by atoms with Gasteiger partial charge in [0.05, 0.1) is 23.9 Å². The lowest BCUT2D eigenvalue weighted by Gasteiger charge is -2.26. The highest BCUT2D eigenvalue weighted by Gasteiger charge is 2.48. The number of allylic oxidation sites excluding steroid dienone is 1. The number of hydrogen-bond acceptors (Lipinski definition) is 5. The summed E-state index contributed by atoms with van der Waals surface area (Å²) in [4.78, 5) is 11.1. The molecule has 2 rings (SSSR count). The molecular weight excluding hydrogens is 344 g/mol. The van der Waals surface area contributed by atoms with Crippen molar-refractivity contribution in [3.05, 3.63) is 12.2 Å². The molecule has 1 aliphatic heterocycles. The molecule has 0 bridgehead atoms. The summed E-state index contributed by atoms with van der Waals surface area (Å²) in [6.07, 6.45) is 12.3. The van der Waals surface area contributed by atoms with Gasteiger partial charge >= 0.3 is 0 Å². The van der Waals surface area contributed by atoms with E-state index in [-0.39, 0.29) is 30.0 Å². The van der Waals surface area contributed by atoms with E-state index >= 15 is 0 Å². The number of ketones is 1. The predicted molar refractivity (Wildman–Crippen MR) is 105 cm³/mol. The van der Waals surface area contributed by atoms with Gasteiger partial charge in [0.15, 0.2) is 5.78 Å². The van der Waals surface area contributed by atoms with Crippen molar-refractivity contribution in [2.45, 2.75) is 102 Å². The summed E-state index contributed by atoms with van der Waals surface area (Å²) < 4.78 is 6.14. The lowest BCUT2D eigenvalue weighted by molar-refractivity contribution is -0.117. The molecule has 5 nitrogen and oxygen atoms in total. The minimum absolute atomic E-state index is 0.152. The number of aliphatic hydroxyl groups excluding tert-OH is 2. The maximum absolute atomic E-state index is 11.1. The van der Waals surface area contributed by atoms with Crippen molar-refractivity contribution >= 4 is 5.78 Å². The topological polar surface area (TPSA) is 87.0 Å². The first-order chi connectivity index (χ1) is 12.9. The molecule has 0 radical (unpaired) electrons. The van der Waals surface area contributed by atoms with E-state index in [4.69, 9.17) is 9.84 Å². The Balaban J connectivity index is 1.74. The molecule has 27 heavy (non-hydrogen) atoms. The number of carbonyl (C=O) groups is 1. The first-order valence-electron chi connectivity index (χ1n) is 10.7. The summed E-state index contributed by atoms with van der Waals surface area (Å²) >= 11 is 0. The summed E-state index contributed by atoms with van der Waals surface area (Å²) in [5.41, 5.74) is -0.591. The van der Waals surface area contributed by atoms with Crippen LogP contribution in [0.2, 0.25) is 0 Å². The molecule has 3 N–H and O–H groups in total. The molecule has 6 atom stereocenters. The first kappa shape index (κ1) is 22.5. The van der Waals surface area contributed by atoms with E-state index in [0.717, 1.165) is 64.2 Å². The van der Waals surface area contributed by atoms with E-state index in [2.05, 4.69) is 6.92 Å². The fourth-order valence-corrected chi connectivity index (χ4v) is 4.78. The van der Waals surface area contributed by atoms with Gasteiger partial charge in [-0.15, -0.1) is 0 Å². The maximum atomic E-state index is 11.1. The zero-order valence-corrected chi connectivity index (χ0v) is 17.0. The number of rotatable bonds is 12. The number of hydrogen-bond donors (Lipinski definition) is 3. The van der Waals surface area contributed by atoms with Crippen LogP contribution in [-0.2, 0) is 9.53 Å². The van der Waals surface area contributed by atoms with E-state index < -0.39 is 12.2 Å². The highest BCUT2D eigenvalue weighted by atomic mass is 16.5. The van der Waals surface area contributed by atoms with Crippen LogP contribution in [0, 0.1) is 11.8 Å². The Labute approximate surface area is 163 Å². The number of fused-ring (bicyclic) bond motifs is 1. The van der Waals surface area contributed by atoms with Gasteiger partial charge in [0, 0.05) is 6.42 Å². The largest absolute Gasteiger partial charge is 0.393 e. The molecule has 5 heteroatoms. The average Bonchev–Trinajstić information content (AvgIpc) is 3.14. The summed E-state index contributed by atoms with van der Waals surface area (Å²) in [6, 6.07) is 0. The van der Waals surface area contributed by atoms with Gasteiger partial charge in [-0.1, -0.05) is 32.3 Å². The second-order valence-electron chi connectivity index (χ2n) is 8.76. The van der Waals surface area contributed by atoms with Gasteiger partial charge in [0.1, 0.15) is 6.61 Å². The molecule has 2 fully saturated rings. The molecular formula is C22H38O5. The Morgan fingerprint density at radius 3 is 2.67 bits per heavy atom. The number of aliphatic hydroxyl groups is 3. The van der Waals surface area contributed by atoms with Crippen molar-refractivity contribution in [3.8, 4) is 0 Å². The van der Waals surface area contributed by atoms with Crippen molar-refractivity contribution in [1.82, 2.24) is 0 Å². The SMILES string of the molecule is CCCCC(C)(O)CCC[C@@H]1[C@H]2CC(CCC=CC(=O)CO)O[C@H]2C[C@H]1O. The molecule has 0 spiro atoms. The quantitative estimate of drug-likeness (QED) is 0.451. The zero-order valence-electron chi connectivity index (χ0n) is 17.0. The van der Waals surface area contributed by atoms with Crippen molar-refractivity contribution in [2.75, 3.05) is 6.61 Å². The van der Waals surface area contributed by atoms with E-state index in [1.54, 1.807) is 6.08 Å². The molecule has 156 valence electrons. The molecule has 0 aromatic rings. The van der Waals surface area contributed by atoms with Crippen LogP contribution in [0.15, 0.2) is 12.2 Å². The number of unbranched alkanes of at least 4 members (excludes halogenated alkanes) is 1. The minimum Gasteiger partial charge on any atom is -0.393 e. The highest BCUT2D eigenvalue weighted by molar-refractivity contribution is 5.90. The predicted octanol–water partition coefficient (Wildman–Crippen LogP) is 3.15. The minimum atomic E-state index is -0.591. The summed E-state index contributed by atoms with van der Waals surface area (Å²) in [5.74, 6) is 0.416. The normalized spacial score (nSPS) is 32.7. The Morgan fingerprint density at radius 2 is 1.96 bits per heavy atom. The van der Waals surface area contributed by atoms with Crippen molar-refractivity contribution in [3.63, 3.8) is 0 Å². The van der Waals surface area contributed by atoms with Crippen LogP contribution in [0.3, 0.4) is 0 Å². The van der Waals surface area contributed by atoms with Gasteiger partial charge in [-0.2, -0.15) is 0 Å². The molecule has 2 unspecified atom stereocenters. The molecule has 1 aliphatic carbocycles. The van der Waals surface area contributed by atoms with Gasteiger partial charge in [0.25, 0.3) is 0 Å². The van der Waals surface area contributed by atoms with Crippen LogP contribution in [0.5, 0.6) is 0 Å². The standard InChI is InChI=1S/C22H38O5/c1-3-4-11-22(2,26)12-7-10-18-19-13-17(27-21(19)14-20(18)25)9-6-5-8-16(24)15-23/h5,8,17-21,23,25-26H,3-4,6-7,9-15H2,1-2H3/t17?,18-,19-,20-,21+,22?/m1/s1. The first-order valence-corrected chi connectivity index (χ1v) is 10.7. The zero-order chi connectivity index (χ0) is 19.9.